The van der Waals surface area contributed by atoms with Crippen LogP contribution in [-0.4, -0.2) is 83.1 Å². The van der Waals surface area contributed by atoms with Crippen LogP contribution >= 0.6 is 23.2 Å². The van der Waals surface area contributed by atoms with Crippen LogP contribution < -0.4 is 30.9 Å². The number of imide groups is 1. The Labute approximate surface area is 381 Å². The Balaban J connectivity index is 0.904. The molecule has 7 heterocycles. The molecule has 19 heteroatoms. The van der Waals surface area contributed by atoms with E-state index in [4.69, 9.17) is 37.7 Å². The number of likely N-dealkylation sites (tertiary alicyclic amines) is 1. The van der Waals surface area contributed by atoms with Crippen molar-refractivity contribution in [1.29, 1.82) is 0 Å². The Morgan fingerprint density at radius 3 is 2.40 bits per heavy atom. The van der Waals surface area contributed by atoms with E-state index in [2.05, 4.69) is 10.3 Å². The van der Waals surface area contributed by atoms with Gasteiger partial charge in [-0.15, -0.1) is 0 Å². The lowest BCUT2D eigenvalue weighted by atomic mass is 9.61. The van der Waals surface area contributed by atoms with Crippen LogP contribution in [0.2, 0.25) is 10.0 Å². The number of nitrogens with zero attached hydrogens (tertiary/aromatic N) is 8. The maximum Gasteiger partial charge on any atom is 0.329 e. The number of hydrogen-bond acceptors (Lipinski definition) is 10. The molecule has 10 rings (SSSR count). The minimum absolute atomic E-state index is 0.0920. The van der Waals surface area contributed by atoms with Crippen LogP contribution in [0.5, 0.6) is 11.6 Å². The lowest BCUT2D eigenvalue weighted by Gasteiger charge is -2.58. The maximum atomic E-state index is 14.6. The summed E-state index contributed by atoms with van der Waals surface area (Å²) >= 11 is 12.8. The van der Waals surface area contributed by atoms with Crippen LogP contribution in [0, 0.1) is 5.41 Å². The van der Waals surface area contributed by atoms with Gasteiger partial charge in [0.25, 0.3) is 17.4 Å². The van der Waals surface area contributed by atoms with Gasteiger partial charge in [0.2, 0.25) is 17.7 Å². The average molecular weight is 921 g/mol. The summed E-state index contributed by atoms with van der Waals surface area (Å²) in [6.07, 6.45) is 4.56. The second-order valence-electron chi connectivity index (χ2n) is 17.6. The van der Waals surface area contributed by atoms with Gasteiger partial charge in [-0.25, -0.2) is 14.8 Å². The van der Waals surface area contributed by atoms with E-state index in [1.54, 1.807) is 67.5 Å². The minimum atomic E-state index is -0.805. The maximum absolute atomic E-state index is 14.6. The lowest BCUT2D eigenvalue weighted by molar-refractivity contribution is -0.135. The predicted molar refractivity (Wildman–Crippen MR) is 240 cm³/mol. The molecule has 2 aromatic carbocycles. The zero-order valence-electron chi connectivity index (χ0n) is 36.0. The average Bonchev–Trinajstić information content (AvgIpc) is 3.86. The Morgan fingerprint density at radius 1 is 0.969 bits per heavy atom. The third-order valence-electron chi connectivity index (χ3n) is 13.1. The molecule has 4 aromatic heterocycles. The Morgan fingerprint density at radius 2 is 1.71 bits per heavy atom. The molecule has 334 valence electrons. The smallest absolute Gasteiger partial charge is 0.329 e. The summed E-state index contributed by atoms with van der Waals surface area (Å²) in [5.74, 6) is -0.486. The summed E-state index contributed by atoms with van der Waals surface area (Å²) in [6, 6.07) is 13.7. The molecule has 1 aliphatic carbocycles. The summed E-state index contributed by atoms with van der Waals surface area (Å²) in [7, 11) is 4.68. The predicted octanol–water partition coefficient (Wildman–Crippen LogP) is 5.60. The summed E-state index contributed by atoms with van der Waals surface area (Å²) in [6.45, 7) is 4.93. The van der Waals surface area contributed by atoms with Gasteiger partial charge in [-0.2, -0.15) is 0 Å². The number of benzene rings is 2. The van der Waals surface area contributed by atoms with Gasteiger partial charge in [0, 0.05) is 62.5 Å². The van der Waals surface area contributed by atoms with Crippen molar-refractivity contribution in [3.63, 3.8) is 0 Å². The van der Waals surface area contributed by atoms with Crippen molar-refractivity contribution < 1.29 is 28.7 Å². The number of carbonyl (C=O) groups is 4. The Kier molecular flexibility index (Phi) is 10.1. The van der Waals surface area contributed by atoms with E-state index in [0.717, 1.165) is 0 Å². The number of amides is 4. The normalized spacial score (nSPS) is 19.2. The third kappa shape index (κ3) is 6.73. The van der Waals surface area contributed by atoms with Crippen LogP contribution in [0.4, 0.5) is 5.69 Å². The number of rotatable bonds is 9. The van der Waals surface area contributed by atoms with E-state index in [0.29, 0.717) is 75.9 Å². The topological polar surface area (TPSA) is 185 Å². The van der Waals surface area contributed by atoms with Gasteiger partial charge < -0.3 is 23.5 Å². The van der Waals surface area contributed by atoms with Crippen LogP contribution in [0.15, 0.2) is 76.6 Å². The van der Waals surface area contributed by atoms with Crippen LogP contribution in [0.1, 0.15) is 89.8 Å². The van der Waals surface area contributed by atoms with Gasteiger partial charge in [0.05, 0.1) is 34.5 Å². The largest absolute Gasteiger partial charge is 0.488 e. The van der Waals surface area contributed by atoms with Gasteiger partial charge in [0.15, 0.2) is 5.69 Å². The number of fused-ring (bicyclic) bond motifs is 2. The number of piperidine rings is 1. The molecule has 4 aliphatic rings. The number of anilines is 1. The monoisotopic (exact) mass is 919 g/mol. The number of halogens is 2. The van der Waals surface area contributed by atoms with Gasteiger partial charge in [-0.3, -0.25) is 43.3 Å². The van der Waals surface area contributed by atoms with Crippen molar-refractivity contribution in [3.05, 3.63) is 120 Å². The fraction of sp³-hybridized carbons (Fsp3) is 0.348. The highest BCUT2D eigenvalue weighted by Gasteiger charge is 2.55. The highest BCUT2D eigenvalue weighted by molar-refractivity contribution is 6.31. The minimum Gasteiger partial charge on any atom is -0.488 e. The molecule has 17 nitrogen and oxygen atoms in total. The van der Waals surface area contributed by atoms with Crippen molar-refractivity contribution >= 4 is 63.6 Å². The molecule has 1 unspecified atom stereocenters. The van der Waals surface area contributed by atoms with Gasteiger partial charge in [-0.05, 0) is 75.1 Å². The molecule has 0 radical (unpaired) electrons. The van der Waals surface area contributed by atoms with E-state index >= 15 is 0 Å². The number of imidazole rings is 2. The van der Waals surface area contributed by atoms with Gasteiger partial charge >= 0.3 is 5.69 Å². The Bertz CT molecular complexity index is 3140. The van der Waals surface area contributed by atoms with Crippen molar-refractivity contribution in [2.45, 2.75) is 63.8 Å². The van der Waals surface area contributed by atoms with E-state index < -0.39 is 29.5 Å². The summed E-state index contributed by atoms with van der Waals surface area (Å²) in [4.78, 5) is 92.9. The number of aromatic nitrogens is 6. The van der Waals surface area contributed by atoms with Crippen molar-refractivity contribution in [3.8, 4) is 23.0 Å². The quantitative estimate of drug-likeness (QED) is 0.179. The van der Waals surface area contributed by atoms with E-state index in [1.807, 2.05) is 18.4 Å². The number of para-hydroxylation sites is 1. The van der Waals surface area contributed by atoms with E-state index in [-0.39, 0.29) is 70.2 Å². The zero-order chi connectivity index (χ0) is 45.8. The third-order valence-corrected chi connectivity index (χ3v) is 13.5. The molecule has 0 bridgehead atoms. The second-order valence-corrected chi connectivity index (χ2v) is 18.5. The summed E-state index contributed by atoms with van der Waals surface area (Å²) in [5, 5.41) is 3.12. The molecule has 3 aliphatic heterocycles. The number of carbonyl (C=O) groups excluding carboxylic acids is 4. The van der Waals surface area contributed by atoms with Gasteiger partial charge in [0.1, 0.15) is 41.0 Å². The SMILES string of the molecule is COc1ncc(C(=O)N2CC3(CC(Oc4cccc5c4n(C)c(=O)n5C4CCC(=O)NC4=O)C3)C2)cc1-c1nc2c(n1C(C)C)[C@H](c1ccc(Cl)cc1)N(c1cc(Cl)cn(C)c1=O)C2=O. The van der Waals surface area contributed by atoms with Crippen LogP contribution in [0.25, 0.3) is 22.4 Å². The number of aryl methyl sites for hydroxylation is 2. The molecule has 2 atom stereocenters. The van der Waals surface area contributed by atoms with Crippen molar-refractivity contribution in [2.24, 2.45) is 19.5 Å². The van der Waals surface area contributed by atoms with Gasteiger partial charge in [-0.1, -0.05) is 41.4 Å². The van der Waals surface area contributed by atoms with Crippen LogP contribution in [-0.2, 0) is 23.7 Å². The zero-order valence-corrected chi connectivity index (χ0v) is 37.5. The first-order chi connectivity index (χ1) is 31.1. The molecule has 2 saturated heterocycles. The summed E-state index contributed by atoms with van der Waals surface area (Å²) < 4.78 is 18.4. The highest BCUT2D eigenvalue weighted by Crippen LogP contribution is 2.51. The number of nitrogens with one attached hydrogen (secondary N) is 1. The molecule has 1 N–H and O–H groups in total. The first-order valence-corrected chi connectivity index (χ1v) is 21.9. The number of ether oxygens (including phenoxy) is 2. The van der Waals surface area contributed by atoms with E-state index in [1.165, 1.54) is 44.2 Å². The number of methoxy groups -OCH3 is 1. The molecule has 3 fully saturated rings. The summed E-state index contributed by atoms with van der Waals surface area (Å²) in [5.41, 5.74) is 2.37. The molecule has 6 aromatic rings. The Hall–Kier alpha value is -6.72. The first kappa shape index (κ1) is 42.2. The number of hydrogen-bond donors (Lipinski definition) is 1. The molecule has 4 amide bonds. The molecule has 1 spiro atoms. The molecular weight excluding hydrogens is 877 g/mol. The molecule has 65 heavy (non-hydrogen) atoms. The molecular formula is C46H43Cl2N9O8. The molecule has 1 saturated carbocycles. The first-order valence-electron chi connectivity index (χ1n) is 21.2. The fourth-order valence-electron chi connectivity index (χ4n) is 10.1. The second kappa shape index (κ2) is 15.5. The van der Waals surface area contributed by atoms with Crippen LogP contribution in [0.3, 0.4) is 0 Å². The number of pyridine rings is 2. The standard InChI is InChI=1S/C46H43Cl2N9O8/c1-23(2)55-38-35(44(62)57(32-16-27(48)20-52(3)43(32)61)36(38)24-9-11-26(47)12-10-24)51-39(55)29-15-25(19-49-41(29)64-5)42(60)54-21-46(22-54)17-28(18-46)65-33-8-6-7-30-37(33)53(4)45(63)56(30)31-13-14-34(58)50-40(31)59/h6-12,15-16,19-20,23,28,31,36H,13-14,17-18,21-22H2,1-5H3,(H,50,58,59)/t31?,36-/m0/s1. The lowest BCUT2D eigenvalue weighted by Crippen LogP contribution is -2.65. The fourth-order valence-corrected chi connectivity index (χ4v) is 10.5. The van der Waals surface area contributed by atoms with E-state index in [9.17, 15) is 28.8 Å². The van der Waals surface area contributed by atoms with Crippen molar-refractivity contribution in [2.75, 3.05) is 25.1 Å². The highest BCUT2D eigenvalue weighted by atomic mass is 35.5. The van der Waals surface area contributed by atoms with Crippen molar-refractivity contribution in [1.82, 2.24) is 38.5 Å².